The zero-order valence-electron chi connectivity index (χ0n) is 16.7. The number of rotatable bonds is 4. The predicted molar refractivity (Wildman–Crippen MR) is 117 cm³/mol. The molecule has 2 N–H and O–H groups in total. The molecule has 0 bridgehead atoms. The van der Waals surface area contributed by atoms with Crippen LogP contribution in [0, 0.1) is 11.3 Å². The highest BCUT2D eigenvalue weighted by Crippen LogP contribution is 2.32. The van der Waals surface area contributed by atoms with E-state index in [4.69, 9.17) is 0 Å². The van der Waals surface area contributed by atoms with E-state index in [0.29, 0.717) is 39.1 Å². The lowest BCUT2D eigenvalue weighted by atomic mass is 10.0. The zero-order chi connectivity index (χ0) is 22.2. The number of amides is 1. The van der Waals surface area contributed by atoms with E-state index >= 15 is 0 Å². The number of fused-ring (bicyclic) bond motifs is 1. The van der Waals surface area contributed by atoms with Crippen molar-refractivity contribution in [1.82, 2.24) is 15.2 Å². The first-order valence-electron chi connectivity index (χ1n) is 9.22. The Balaban J connectivity index is 1.86. The van der Waals surface area contributed by atoms with Crippen LogP contribution in [0.5, 0.6) is 0 Å². The SMILES string of the molecule is CC(=O)Nc1cc(C#N)cc(-c2[nH]nc3ncc(-c4cccc(S(C)(=O)=O)c4)cc23)c1. The van der Waals surface area contributed by atoms with Gasteiger partial charge in [-0.2, -0.15) is 10.4 Å². The van der Waals surface area contributed by atoms with E-state index < -0.39 is 9.84 Å². The van der Waals surface area contributed by atoms with E-state index in [2.05, 4.69) is 26.6 Å². The van der Waals surface area contributed by atoms with Gasteiger partial charge in [0.1, 0.15) is 0 Å². The Bertz CT molecular complexity index is 1480. The molecule has 0 radical (unpaired) electrons. The molecule has 0 saturated carbocycles. The number of aromatic nitrogens is 3. The van der Waals surface area contributed by atoms with Crippen LogP contribution in [0.2, 0.25) is 0 Å². The fourth-order valence-electron chi connectivity index (χ4n) is 3.30. The first-order valence-corrected chi connectivity index (χ1v) is 11.1. The number of nitrogens with one attached hydrogen (secondary N) is 2. The van der Waals surface area contributed by atoms with E-state index in [9.17, 15) is 18.5 Å². The van der Waals surface area contributed by atoms with Gasteiger partial charge in [0.2, 0.25) is 5.91 Å². The summed E-state index contributed by atoms with van der Waals surface area (Å²) in [7, 11) is -3.34. The molecule has 0 spiro atoms. The Morgan fingerprint density at radius 1 is 1.10 bits per heavy atom. The first kappa shape index (κ1) is 20.3. The molecule has 154 valence electrons. The maximum atomic E-state index is 11.9. The normalized spacial score (nSPS) is 11.3. The second-order valence-corrected chi connectivity index (χ2v) is 9.10. The summed E-state index contributed by atoms with van der Waals surface area (Å²) >= 11 is 0. The lowest BCUT2D eigenvalue weighted by molar-refractivity contribution is -0.114. The Morgan fingerprint density at radius 3 is 2.61 bits per heavy atom. The van der Waals surface area contributed by atoms with Crippen LogP contribution in [0.3, 0.4) is 0 Å². The van der Waals surface area contributed by atoms with E-state index in [1.807, 2.05) is 12.1 Å². The molecule has 31 heavy (non-hydrogen) atoms. The molecule has 0 unspecified atom stereocenters. The van der Waals surface area contributed by atoms with Crippen LogP contribution in [-0.2, 0) is 14.6 Å². The monoisotopic (exact) mass is 431 g/mol. The second-order valence-electron chi connectivity index (χ2n) is 7.09. The van der Waals surface area contributed by atoms with E-state index in [-0.39, 0.29) is 10.8 Å². The molecule has 1 amide bonds. The van der Waals surface area contributed by atoms with Crippen molar-refractivity contribution in [3.8, 4) is 28.5 Å². The third-order valence-corrected chi connectivity index (χ3v) is 5.79. The molecule has 0 atom stereocenters. The summed E-state index contributed by atoms with van der Waals surface area (Å²) in [6, 6.07) is 15.6. The summed E-state index contributed by atoms with van der Waals surface area (Å²) in [5.41, 5.74) is 4.07. The number of H-pyrrole nitrogens is 1. The van der Waals surface area contributed by atoms with Crippen LogP contribution >= 0.6 is 0 Å². The maximum absolute atomic E-state index is 11.9. The highest BCUT2D eigenvalue weighted by Gasteiger charge is 2.14. The number of carbonyl (C=O) groups is 1. The summed E-state index contributed by atoms with van der Waals surface area (Å²) in [6.07, 6.45) is 2.79. The molecular weight excluding hydrogens is 414 g/mol. The van der Waals surface area contributed by atoms with Gasteiger partial charge in [0, 0.05) is 41.6 Å². The van der Waals surface area contributed by atoms with Crippen LogP contribution in [0.25, 0.3) is 33.4 Å². The van der Waals surface area contributed by atoms with Crippen molar-refractivity contribution in [2.45, 2.75) is 11.8 Å². The average Bonchev–Trinajstić information content (AvgIpc) is 3.15. The van der Waals surface area contributed by atoms with E-state index in [1.54, 1.807) is 42.6 Å². The van der Waals surface area contributed by atoms with Gasteiger partial charge < -0.3 is 5.32 Å². The minimum atomic E-state index is -3.34. The number of nitriles is 1. The molecule has 0 aliphatic heterocycles. The van der Waals surface area contributed by atoms with Crippen molar-refractivity contribution < 1.29 is 13.2 Å². The number of pyridine rings is 1. The van der Waals surface area contributed by atoms with Crippen molar-refractivity contribution in [2.75, 3.05) is 11.6 Å². The molecular formula is C22H17N5O3S. The van der Waals surface area contributed by atoms with Gasteiger partial charge in [-0.05, 0) is 42.0 Å². The number of sulfone groups is 1. The highest BCUT2D eigenvalue weighted by atomic mass is 32.2. The molecule has 2 heterocycles. The number of hydrogen-bond donors (Lipinski definition) is 2. The van der Waals surface area contributed by atoms with Crippen LogP contribution in [0.4, 0.5) is 5.69 Å². The molecule has 4 rings (SSSR count). The van der Waals surface area contributed by atoms with Crippen molar-refractivity contribution in [3.63, 3.8) is 0 Å². The fourth-order valence-corrected chi connectivity index (χ4v) is 3.96. The number of aromatic amines is 1. The van der Waals surface area contributed by atoms with Gasteiger partial charge >= 0.3 is 0 Å². The lowest BCUT2D eigenvalue weighted by Crippen LogP contribution is -2.06. The highest BCUT2D eigenvalue weighted by molar-refractivity contribution is 7.90. The molecule has 0 aliphatic rings. The first-order chi connectivity index (χ1) is 14.7. The van der Waals surface area contributed by atoms with Gasteiger partial charge in [0.05, 0.1) is 22.2 Å². The molecule has 0 saturated heterocycles. The Morgan fingerprint density at radius 2 is 1.90 bits per heavy atom. The third kappa shape index (κ3) is 4.15. The van der Waals surface area contributed by atoms with Crippen LogP contribution in [0.15, 0.2) is 59.6 Å². The van der Waals surface area contributed by atoms with Gasteiger partial charge in [-0.3, -0.25) is 9.89 Å². The average molecular weight is 431 g/mol. The standard InChI is InChI=1S/C22H17N5O3S/c1-13(28)25-18-7-14(11-23)6-16(8-18)21-20-10-17(12-24-22(20)27-26-21)15-4-3-5-19(9-15)31(2,29)30/h3-10,12H,1-2H3,(H,25,28)(H,24,26,27). The fraction of sp³-hybridized carbons (Fsp3) is 0.0909. The minimum Gasteiger partial charge on any atom is -0.326 e. The van der Waals surface area contributed by atoms with Crippen LogP contribution in [-0.4, -0.2) is 35.8 Å². The van der Waals surface area contributed by atoms with Crippen LogP contribution in [0.1, 0.15) is 12.5 Å². The Labute approximate surface area is 178 Å². The molecule has 0 aliphatic carbocycles. The summed E-state index contributed by atoms with van der Waals surface area (Å²) < 4.78 is 23.8. The minimum absolute atomic E-state index is 0.221. The Hall–Kier alpha value is -4.03. The van der Waals surface area contributed by atoms with Crippen molar-refractivity contribution in [1.29, 1.82) is 5.26 Å². The summed E-state index contributed by atoms with van der Waals surface area (Å²) in [6.45, 7) is 1.39. The second kappa shape index (κ2) is 7.66. The number of nitrogens with zero attached hydrogens (tertiary/aromatic N) is 3. The molecule has 2 aromatic carbocycles. The predicted octanol–water partition coefficient (Wildman–Crippen LogP) is 3.53. The van der Waals surface area contributed by atoms with Crippen molar-refractivity contribution in [3.05, 3.63) is 60.3 Å². The smallest absolute Gasteiger partial charge is 0.221 e. The Kier molecular flexibility index (Phi) is 5.01. The summed E-state index contributed by atoms with van der Waals surface area (Å²) in [4.78, 5) is 16.1. The zero-order valence-corrected chi connectivity index (χ0v) is 17.5. The third-order valence-electron chi connectivity index (χ3n) is 4.68. The maximum Gasteiger partial charge on any atom is 0.221 e. The van der Waals surface area contributed by atoms with Gasteiger partial charge in [-0.25, -0.2) is 13.4 Å². The quantitative estimate of drug-likeness (QED) is 0.509. The largest absolute Gasteiger partial charge is 0.326 e. The van der Waals surface area contributed by atoms with E-state index in [1.165, 1.54) is 6.92 Å². The van der Waals surface area contributed by atoms with E-state index in [0.717, 1.165) is 11.8 Å². The topological polar surface area (TPSA) is 129 Å². The van der Waals surface area contributed by atoms with Gasteiger partial charge in [-0.15, -0.1) is 0 Å². The molecule has 2 aromatic heterocycles. The van der Waals surface area contributed by atoms with Crippen molar-refractivity contribution >= 4 is 32.5 Å². The van der Waals surface area contributed by atoms with Gasteiger partial charge in [0.25, 0.3) is 0 Å². The molecule has 8 nitrogen and oxygen atoms in total. The molecule has 0 fully saturated rings. The number of hydrogen-bond acceptors (Lipinski definition) is 6. The summed E-state index contributed by atoms with van der Waals surface area (Å²) in [5, 5.41) is 19.9. The van der Waals surface area contributed by atoms with Crippen molar-refractivity contribution in [2.24, 2.45) is 0 Å². The van der Waals surface area contributed by atoms with Crippen LogP contribution < -0.4 is 5.32 Å². The van der Waals surface area contributed by atoms with Gasteiger partial charge in [-0.1, -0.05) is 12.1 Å². The summed E-state index contributed by atoms with van der Waals surface area (Å²) in [5.74, 6) is -0.245. The number of anilines is 1. The molecule has 4 aromatic rings. The van der Waals surface area contributed by atoms with Gasteiger partial charge in [0.15, 0.2) is 15.5 Å². The number of carbonyl (C=O) groups excluding carboxylic acids is 1. The number of benzene rings is 2. The lowest BCUT2D eigenvalue weighted by Gasteiger charge is -2.07. The molecule has 9 heteroatoms.